The van der Waals surface area contributed by atoms with Crippen molar-refractivity contribution in [3.05, 3.63) is 47.3 Å². The van der Waals surface area contributed by atoms with E-state index >= 15 is 0 Å². The number of pyridine rings is 1. The van der Waals surface area contributed by atoms with Gasteiger partial charge in [0.05, 0.1) is 6.61 Å². The zero-order chi connectivity index (χ0) is 11.5. The highest BCUT2D eigenvalue weighted by Gasteiger charge is 2.13. The van der Waals surface area contributed by atoms with Gasteiger partial charge in [0, 0.05) is 11.5 Å². The van der Waals surface area contributed by atoms with Crippen molar-refractivity contribution in [3.8, 4) is 0 Å². The summed E-state index contributed by atoms with van der Waals surface area (Å²) in [6.07, 6.45) is 1.24. The summed E-state index contributed by atoms with van der Waals surface area (Å²) in [5, 5.41) is 12.3. The molecule has 0 saturated carbocycles. The lowest BCUT2D eigenvalue weighted by Crippen LogP contribution is -2.28. The molecule has 0 N–H and O–H groups in total. The van der Waals surface area contributed by atoms with Gasteiger partial charge in [-0.15, -0.1) is 0 Å². The Morgan fingerprint density at radius 2 is 2.19 bits per heavy atom. The quantitative estimate of drug-likeness (QED) is 0.436. The third kappa shape index (κ3) is 1.82. The van der Waals surface area contributed by atoms with E-state index in [1.807, 2.05) is 6.07 Å². The third-order valence-corrected chi connectivity index (χ3v) is 2.25. The van der Waals surface area contributed by atoms with Gasteiger partial charge in [0.2, 0.25) is 5.52 Å². The number of carbonyl (C=O) groups excluding carboxylic acids is 1. The zero-order valence-electron chi connectivity index (χ0n) is 8.84. The van der Waals surface area contributed by atoms with Gasteiger partial charge in [-0.2, -0.15) is 4.73 Å². The first kappa shape index (κ1) is 10.4. The molecule has 0 bridgehead atoms. The summed E-state index contributed by atoms with van der Waals surface area (Å²) in [5.41, 5.74) is 0.811. The predicted octanol–water partition coefficient (Wildman–Crippen LogP) is 1.65. The standard InChI is InChI=1S/C12H11NO3/c1-2-16-12(14)10-7-9-5-3-4-6-11(9)13(15)8-10/h3-8H,2H2,1H3. The van der Waals surface area contributed by atoms with Crippen LogP contribution in [-0.2, 0) is 4.74 Å². The highest BCUT2D eigenvalue weighted by molar-refractivity contribution is 5.92. The van der Waals surface area contributed by atoms with Crippen molar-refractivity contribution < 1.29 is 14.3 Å². The molecule has 0 spiro atoms. The van der Waals surface area contributed by atoms with Crippen LogP contribution in [0.5, 0.6) is 0 Å². The van der Waals surface area contributed by atoms with Crippen molar-refractivity contribution in [1.29, 1.82) is 0 Å². The van der Waals surface area contributed by atoms with Gasteiger partial charge in [0.15, 0.2) is 6.20 Å². The van der Waals surface area contributed by atoms with Crippen LogP contribution in [0.15, 0.2) is 36.5 Å². The molecule has 4 nitrogen and oxygen atoms in total. The van der Waals surface area contributed by atoms with E-state index in [0.29, 0.717) is 16.9 Å². The Balaban J connectivity index is 2.53. The van der Waals surface area contributed by atoms with Crippen molar-refractivity contribution in [1.82, 2.24) is 0 Å². The van der Waals surface area contributed by atoms with Crippen LogP contribution in [0.2, 0.25) is 0 Å². The lowest BCUT2D eigenvalue weighted by Gasteiger charge is -2.04. The van der Waals surface area contributed by atoms with Gasteiger partial charge < -0.3 is 9.94 Å². The number of hydrogen-bond donors (Lipinski definition) is 0. The van der Waals surface area contributed by atoms with Crippen molar-refractivity contribution in [2.24, 2.45) is 0 Å². The number of carbonyl (C=O) groups is 1. The highest BCUT2D eigenvalue weighted by Crippen LogP contribution is 2.11. The van der Waals surface area contributed by atoms with Crippen molar-refractivity contribution >= 4 is 16.9 Å². The lowest BCUT2D eigenvalue weighted by atomic mass is 10.1. The molecular weight excluding hydrogens is 206 g/mol. The second-order valence-electron chi connectivity index (χ2n) is 3.33. The fraction of sp³-hybridized carbons (Fsp3) is 0.167. The summed E-state index contributed by atoms with van der Waals surface area (Å²) in [6.45, 7) is 2.02. The minimum Gasteiger partial charge on any atom is -0.618 e. The fourth-order valence-electron chi connectivity index (χ4n) is 1.54. The van der Waals surface area contributed by atoms with Gasteiger partial charge in [-0.1, -0.05) is 12.1 Å². The van der Waals surface area contributed by atoms with E-state index in [-0.39, 0.29) is 5.56 Å². The van der Waals surface area contributed by atoms with Gasteiger partial charge >= 0.3 is 5.97 Å². The van der Waals surface area contributed by atoms with E-state index in [0.717, 1.165) is 5.39 Å². The molecule has 4 heteroatoms. The molecule has 0 aliphatic heterocycles. The zero-order valence-corrected chi connectivity index (χ0v) is 8.84. The van der Waals surface area contributed by atoms with Gasteiger partial charge in [-0.25, -0.2) is 4.79 Å². The van der Waals surface area contributed by atoms with Crippen LogP contribution >= 0.6 is 0 Å². The molecule has 82 valence electrons. The van der Waals surface area contributed by atoms with Crippen LogP contribution in [0.4, 0.5) is 0 Å². The van der Waals surface area contributed by atoms with E-state index in [2.05, 4.69) is 0 Å². The number of nitrogens with zero attached hydrogens (tertiary/aromatic N) is 1. The normalized spacial score (nSPS) is 10.3. The van der Waals surface area contributed by atoms with Gasteiger partial charge in [0.25, 0.3) is 0 Å². The molecule has 0 fully saturated rings. The summed E-state index contributed by atoms with van der Waals surface area (Å²) in [6, 6.07) is 8.74. The molecule has 0 saturated heterocycles. The number of aromatic nitrogens is 1. The molecule has 0 aliphatic rings. The van der Waals surface area contributed by atoms with E-state index < -0.39 is 5.97 Å². The molecule has 0 aliphatic carbocycles. The average molecular weight is 217 g/mol. The second kappa shape index (κ2) is 4.18. The van der Waals surface area contributed by atoms with E-state index in [9.17, 15) is 10.0 Å². The van der Waals surface area contributed by atoms with Crippen LogP contribution < -0.4 is 4.73 Å². The molecule has 2 rings (SSSR count). The smallest absolute Gasteiger partial charge is 0.344 e. The number of fused-ring (bicyclic) bond motifs is 1. The van der Waals surface area contributed by atoms with Gasteiger partial charge in [-0.3, -0.25) is 0 Å². The minimum atomic E-state index is -0.474. The third-order valence-electron chi connectivity index (χ3n) is 2.25. The molecule has 0 atom stereocenters. The minimum absolute atomic E-state index is 0.274. The van der Waals surface area contributed by atoms with Crippen molar-refractivity contribution in [2.45, 2.75) is 6.92 Å². The topological polar surface area (TPSA) is 53.2 Å². The maximum atomic E-state index is 11.6. The van der Waals surface area contributed by atoms with Crippen LogP contribution in [0, 0.1) is 5.21 Å². The Labute approximate surface area is 92.7 Å². The molecular formula is C12H11NO3. The van der Waals surface area contributed by atoms with Gasteiger partial charge in [-0.05, 0) is 19.1 Å². The van der Waals surface area contributed by atoms with E-state index in [4.69, 9.17) is 4.74 Å². The summed E-state index contributed by atoms with van der Waals surface area (Å²) >= 11 is 0. The maximum Gasteiger partial charge on any atom is 0.344 e. The molecule has 2 aromatic rings. The number of benzene rings is 1. The van der Waals surface area contributed by atoms with Crippen molar-refractivity contribution in [2.75, 3.05) is 6.61 Å². The largest absolute Gasteiger partial charge is 0.618 e. The molecule has 0 unspecified atom stereocenters. The first-order valence-electron chi connectivity index (χ1n) is 5.01. The number of ether oxygens (including phenoxy) is 1. The van der Waals surface area contributed by atoms with Crippen LogP contribution in [0.1, 0.15) is 17.3 Å². The van der Waals surface area contributed by atoms with E-state index in [1.54, 1.807) is 31.2 Å². The molecule has 0 radical (unpaired) electrons. The molecule has 1 heterocycles. The lowest BCUT2D eigenvalue weighted by molar-refractivity contribution is -0.577. The molecule has 0 amide bonds. The number of hydrogen-bond acceptors (Lipinski definition) is 3. The maximum absolute atomic E-state index is 11.6. The number of rotatable bonds is 2. The summed E-state index contributed by atoms with van der Waals surface area (Å²) < 4.78 is 5.52. The van der Waals surface area contributed by atoms with Gasteiger partial charge in [0.1, 0.15) is 5.56 Å². The number of esters is 1. The highest BCUT2D eigenvalue weighted by atomic mass is 16.5. The number of para-hydroxylation sites is 1. The predicted molar refractivity (Wildman–Crippen MR) is 58.9 cm³/mol. The van der Waals surface area contributed by atoms with Crippen molar-refractivity contribution in [3.63, 3.8) is 0 Å². The molecule has 16 heavy (non-hydrogen) atoms. The summed E-state index contributed by atoms with van der Waals surface area (Å²) in [4.78, 5) is 11.5. The first-order valence-corrected chi connectivity index (χ1v) is 5.01. The first-order chi connectivity index (χ1) is 7.72. The average Bonchev–Trinajstić information content (AvgIpc) is 2.29. The van der Waals surface area contributed by atoms with Crippen LogP contribution in [-0.4, -0.2) is 12.6 Å². The second-order valence-corrected chi connectivity index (χ2v) is 3.33. The monoisotopic (exact) mass is 217 g/mol. The van der Waals surface area contributed by atoms with E-state index in [1.165, 1.54) is 6.20 Å². The SMILES string of the molecule is CCOC(=O)c1cc2ccccc2[n+]([O-])c1. The Kier molecular flexibility index (Phi) is 2.72. The van der Waals surface area contributed by atoms with Crippen LogP contribution in [0.25, 0.3) is 10.9 Å². The Morgan fingerprint density at radius 1 is 1.44 bits per heavy atom. The fourth-order valence-corrected chi connectivity index (χ4v) is 1.54. The Morgan fingerprint density at radius 3 is 2.94 bits per heavy atom. The molecule has 1 aromatic carbocycles. The van der Waals surface area contributed by atoms with Crippen LogP contribution in [0.3, 0.4) is 0 Å². The molecule has 1 aromatic heterocycles. The Bertz CT molecular complexity index is 537. The summed E-state index contributed by atoms with van der Waals surface area (Å²) in [7, 11) is 0. The Hall–Kier alpha value is -2.10. The summed E-state index contributed by atoms with van der Waals surface area (Å²) in [5.74, 6) is -0.474.